The quantitative estimate of drug-likeness (QED) is 0.388. The highest BCUT2D eigenvalue weighted by Gasteiger charge is 2.34. The fourth-order valence-corrected chi connectivity index (χ4v) is 2.61. The average molecular weight is 254 g/mol. The molecule has 0 aliphatic carbocycles. The van der Waals surface area contributed by atoms with Gasteiger partial charge in [-0.3, -0.25) is 0 Å². The molecule has 1 rings (SSSR count). The highest BCUT2D eigenvalue weighted by Crippen LogP contribution is 2.30. The van der Waals surface area contributed by atoms with Crippen molar-refractivity contribution in [3.63, 3.8) is 0 Å². The maximum Gasteiger partial charge on any atom is 0.171 e. The summed E-state index contributed by atoms with van der Waals surface area (Å²) in [7, 11) is 0. The molecule has 0 atom stereocenters. The van der Waals surface area contributed by atoms with Crippen molar-refractivity contribution < 1.29 is 9.47 Å². The Morgan fingerprint density at radius 3 is 2.06 bits per heavy atom. The molecule has 0 spiro atoms. The molecule has 0 bridgehead atoms. The van der Waals surface area contributed by atoms with E-state index < -0.39 is 0 Å². The number of hydrogen-bond donors (Lipinski definition) is 0. The van der Waals surface area contributed by atoms with Crippen LogP contribution in [0.5, 0.6) is 0 Å². The first-order valence-corrected chi connectivity index (χ1v) is 7.72. The van der Waals surface area contributed by atoms with Gasteiger partial charge >= 0.3 is 0 Å². The minimum absolute atomic E-state index is 0.329. The molecule has 0 amide bonds. The van der Waals surface area contributed by atoms with Gasteiger partial charge in [0.1, 0.15) is 0 Å². The van der Waals surface area contributed by atoms with Gasteiger partial charge in [0, 0.05) is 12.8 Å². The molecule has 0 unspecified atom stereocenters. The van der Waals surface area contributed by atoms with Gasteiger partial charge in [-0.25, -0.2) is 0 Å². The fourth-order valence-electron chi connectivity index (χ4n) is 2.61. The molecule has 2 heteroatoms. The van der Waals surface area contributed by atoms with Crippen LogP contribution in [-0.2, 0) is 9.47 Å². The standard InChI is InChI=1S/C16H30O2/c1-3-5-6-7-8-9-10-11-13-16(12-4-2)17-14-15-18-16/h4H,2-3,5-15H2,1H3. The van der Waals surface area contributed by atoms with Gasteiger partial charge < -0.3 is 9.47 Å². The van der Waals surface area contributed by atoms with Crippen LogP contribution in [0.2, 0.25) is 0 Å². The van der Waals surface area contributed by atoms with E-state index >= 15 is 0 Å². The SMILES string of the molecule is C=CCC1(CCCCCCCCCC)OCCO1. The first-order chi connectivity index (χ1) is 8.83. The van der Waals surface area contributed by atoms with E-state index in [0.717, 1.165) is 26.1 Å². The Kier molecular flexibility index (Phi) is 8.36. The Balaban J connectivity index is 2.00. The average Bonchev–Trinajstić information content (AvgIpc) is 2.82. The Morgan fingerprint density at radius 2 is 1.50 bits per heavy atom. The molecule has 1 heterocycles. The summed E-state index contributed by atoms with van der Waals surface area (Å²) in [6.45, 7) is 7.54. The zero-order chi connectivity index (χ0) is 13.1. The Bertz CT molecular complexity index is 207. The summed E-state index contributed by atoms with van der Waals surface area (Å²) < 4.78 is 11.5. The van der Waals surface area contributed by atoms with Crippen LogP contribution < -0.4 is 0 Å². The van der Waals surface area contributed by atoms with Crippen LogP contribution in [0.4, 0.5) is 0 Å². The van der Waals surface area contributed by atoms with Gasteiger partial charge in [-0.15, -0.1) is 6.58 Å². The van der Waals surface area contributed by atoms with Gasteiger partial charge in [-0.1, -0.05) is 57.9 Å². The normalized spacial score (nSPS) is 18.1. The Hall–Kier alpha value is -0.340. The zero-order valence-corrected chi connectivity index (χ0v) is 12.1. The van der Waals surface area contributed by atoms with Crippen molar-refractivity contribution in [1.82, 2.24) is 0 Å². The molecule has 1 aliphatic rings. The highest BCUT2D eigenvalue weighted by atomic mass is 16.7. The van der Waals surface area contributed by atoms with Gasteiger partial charge in [0.2, 0.25) is 0 Å². The fraction of sp³-hybridized carbons (Fsp3) is 0.875. The summed E-state index contributed by atoms with van der Waals surface area (Å²) in [5.41, 5.74) is 0. The third-order valence-electron chi connectivity index (χ3n) is 3.68. The maximum absolute atomic E-state index is 5.75. The van der Waals surface area contributed by atoms with E-state index in [2.05, 4.69) is 13.5 Å². The lowest BCUT2D eigenvalue weighted by Gasteiger charge is -2.26. The summed E-state index contributed by atoms with van der Waals surface area (Å²) in [4.78, 5) is 0. The topological polar surface area (TPSA) is 18.5 Å². The van der Waals surface area contributed by atoms with Crippen molar-refractivity contribution >= 4 is 0 Å². The molecule has 0 aromatic carbocycles. The molecule has 0 saturated carbocycles. The van der Waals surface area contributed by atoms with Crippen molar-refractivity contribution in [2.45, 2.75) is 76.9 Å². The minimum Gasteiger partial charge on any atom is -0.347 e. The van der Waals surface area contributed by atoms with Crippen LogP contribution in [0.15, 0.2) is 12.7 Å². The molecule has 2 nitrogen and oxygen atoms in total. The molecule has 1 saturated heterocycles. The van der Waals surface area contributed by atoms with Crippen LogP contribution in [0.3, 0.4) is 0 Å². The third kappa shape index (κ3) is 6.01. The first kappa shape index (κ1) is 15.7. The number of rotatable bonds is 11. The Morgan fingerprint density at radius 1 is 0.944 bits per heavy atom. The molecular weight excluding hydrogens is 224 g/mol. The van der Waals surface area contributed by atoms with Gasteiger partial charge in [0.15, 0.2) is 5.79 Å². The van der Waals surface area contributed by atoms with Gasteiger partial charge in [-0.2, -0.15) is 0 Å². The number of ether oxygens (including phenoxy) is 2. The largest absolute Gasteiger partial charge is 0.347 e. The maximum atomic E-state index is 5.75. The molecule has 1 fully saturated rings. The molecule has 0 N–H and O–H groups in total. The van der Waals surface area contributed by atoms with Crippen molar-refractivity contribution in [3.05, 3.63) is 12.7 Å². The summed E-state index contributed by atoms with van der Waals surface area (Å²) in [5.74, 6) is -0.329. The lowest BCUT2D eigenvalue weighted by atomic mass is 10.0. The smallest absolute Gasteiger partial charge is 0.171 e. The van der Waals surface area contributed by atoms with E-state index in [1.54, 1.807) is 0 Å². The number of unbranched alkanes of at least 4 members (excludes halogenated alkanes) is 7. The van der Waals surface area contributed by atoms with Crippen LogP contribution in [0, 0.1) is 0 Å². The van der Waals surface area contributed by atoms with Crippen molar-refractivity contribution in [2.75, 3.05) is 13.2 Å². The molecule has 0 aromatic rings. The van der Waals surface area contributed by atoms with E-state index in [-0.39, 0.29) is 5.79 Å². The van der Waals surface area contributed by atoms with Crippen LogP contribution in [0.25, 0.3) is 0 Å². The van der Waals surface area contributed by atoms with E-state index in [9.17, 15) is 0 Å². The second-order valence-electron chi connectivity index (χ2n) is 5.33. The van der Waals surface area contributed by atoms with Gasteiger partial charge in [-0.05, 0) is 6.42 Å². The highest BCUT2D eigenvalue weighted by molar-refractivity contribution is 4.83. The van der Waals surface area contributed by atoms with Crippen molar-refractivity contribution in [3.8, 4) is 0 Å². The van der Waals surface area contributed by atoms with Gasteiger partial charge in [0.05, 0.1) is 13.2 Å². The predicted octanol–water partition coefficient (Wildman–Crippen LogP) is 4.84. The molecule has 106 valence electrons. The van der Waals surface area contributed by atoms with E-state index in [4.69, 9.17) is 9.47 Å². The lowest BCUT2D eigenvalue weighted by Crippen LogP contribution is -2.29. The third-order valence-corrected chi connectivity index (χ3v) is 3.68. The molecular formula is C16H30O2. The molecule has 18 heavy (non-hydrogen) atoms. The second kappa shape index (κ2) is 9.57. The first-order valence-electron chi connectivity index (χ1n) is 7.72. The monoisotopic (exact) mass is 254 g/mol. The van der Waals surface area contributed by atoms with E-state index in [0.29, 0.717) is 0 Å². The van der Waals surface area contributed by atoms with Crippen molar-refractivity contribution in [1.29, 1.82) is 0 Å². The summed E-state index contributed by atoms with van der Waals surface area (Å²) in [6.07, 6.45) is 14.5. The van der Waals surface area contributed by atoms with Gasteiger partial charge in [0.25, 0.3) is 0 Å². The van der Waals surface area contributed by atoms with E-state index in [1.165, 1.54) is 51.4 Å². The zero-order valence-electron chi connectivity index (χ0n) is 12.1. The Labute approximate surface area is 113 Å². The van der Waals surface area contributed by atoms with Crippen LogP contribution in [0.1, 0.15) is 71.1 Å². The molecule has 0 aromatic heterocycles. The minimum atomic E-state index is -0.329. The second-order valence-corrected chi connectivity index (χ2v) is 5.33. The number of hydrogen-bond acceptors (Lipinski definition) is 2. The summed E-state index contributed by atoms with van der Waals surface area (Å²) in [5, 5.41) is 0. The molecule has 0 radical (unpaired) electrons. The summed E-state index contributed by atoms with van der Waals surface area (Å²) in [6, 6.07) is 0. The van der Waals surface area contributed by atoms with Crippen LogP contribution in [-0.4, -0.2) is 19.0 Å². The predicted molar refractivity (Wildman–Crippen MR) is 76.7 cm³/mol. The molecule has 1 aliphatic heterocycles. The lowest BCUT2D eigenvalue weighted by molar-refractivity contribution is -0.159. The summed E-state index contributed by atoms with van der Waals surface area (Å²) >= 11 is 0. The van der Waals surface area contributed by atoms with Crippen molar-refractivity contribution in [2.24, 2.45) is 0 Å². The van der Waals surface area contributed by atoms with Crippen LogP contribution >= 0.6 is 0 Å². The van der Waals surface area contributed by atoms with E-state index in [1.807, 2.05) is 6.08 Å².